The van der Waals surface area contributed by atoms with Crippen molar-refractivity contribution in [3.05, 3.63) is 94.0 Å². The molecule has 1 fully saturated rings. The van der Waals surface area contributed by atoms with E-state index in [0.717, 1.165) is 63.4 Å². The zero-order valence-corrected chi connectivity index (χ0v) is 18.7. The Labute approximate surface area is 190 Å². The number of pyridine rings is 1. The molecule has 0 N–H and O–H groups in total. The van der Waals surface area contributed by atoms with E-state index in [9.17, 15) is 9.18 Å². The van der Waals surface area contributed by atoms with Crippen molar-refractivity contribution < 1.29 is 9.18 Å². The van der Waals surface area contributed by atoms with E-state index in [2.05, 4.69) is 17.1 Å². The van der Waals surface area contributed by atoms with E-state index in [-0.39, 0.29) is 17.6 Å². The molecule has 162 valence electrons. The van der Waals surface area contributed by atoms with Gasteiger partial charge >= 0.3 is 0 Å². The first-order chi connectivity index (χ1) is 15.5. The van der Waals surface area contributed by atoms with Crippen molar-refractivity contribution >= 4 is 27.5 Å². The van der Waals surface area contributed by atoms with Crippen molar-refractivity contribution in [1.82, 2.24) is 14.9 Å². The number of likely N-dealkylation sites (tertiary alicyclic amines) is 1. The van der Waals surface area contributed by atoms with Crippen LogP contribution in [0.5, 0.6) is 0 Å². The van der Waals surface area contributed by atoms with E-state index in [1.54, 1.807) is 23.5 Å². The second-order valence-corrected chi connectivity index (χ2v) is 9.64. The monoisotopic (exact) mass is 445 g/mol. The van der Waals surface area contributed by atoms with Crippen molar-refractivity contribution in [2.75, 3.05) is 13.1 Å². The Balaban J connectivity index is 1.27. The molecule has 4 nitrogen and oxygen atoms in total. The van der Waals surface area contributed by atoms with Gasteiger partial charge in [-0.1, -0.05) is 18.2 Å². The van der Waals surface area contributed by atoms with Crippen LogP contribution < -0.4 is 0 Å². The highest BCUT2D eigenvalue weighted by Gasteiger charge is 2.26. The van der Waals surface area contributed by atoms with Gasteiger partial charge in [-0.05, 0) is 73.7 Å². The fraction of sp³-hybridized carbons (Fsp3) is 0.269. The van der Waals surface area contributed by atoms with Gasteiger partial charge in [-0.25, -0.2) is 9.37 Å². The van der Waals surface area contributed by atoms with Crippen LogP contribution in [-0.4, -0.2) is 33.9 Å². The van der Waals surface area contributed by atoms with Gasteiger partial charge in [0.05, 0.1) is 15.2 Å². The number of halogens is 1. The maximum atomic E-state index is 13.2. The number of nitrogens with zero attached hydrogens (tertiary/aromatic N) is 3. The fourth-order valence-electron chi connectivity index (χ4n) is 4.38. The van der Waals surface area contributed by atoms with Crippen LogP contribution >= 0.6 is 11.3 Å². The molecule has 0 aliphatic carbocycles. The summed E-state index contributed by atoms with van der Waals surface area (Å²) in [4.78, 5) is 24.3. The van der Waals surface area contributed by atoms with E-state index in [0.29, 0.717) is 6.54 Å². The minimum atomic E-state index is -0.222. The van der Waals surface area contributed by atoms with Crippen molar-refractivity contribution in [2.24, 2.45) is 0 Å². The molecule has 1 atom stereocenters. The minimum Gasteiger partial charge on any atom is -0.338 e. The minimum absolute atomic E-state index is 0.0792. The molecule has 1 saturated heterocycles. The number of piperidine rings is 1. The zero-order valence-electron chi connectivity index (χ0n) is 17.9. The Morgan fingerprint density at radius 2 is 1.94 bits per heavy atom. The van der Waals surface area contributed by atoms with E-state index in [4.69, 9.17) is 4.98 Å². The van der Waals surface area contributed by atoms with E-state index < -0.39 is 0 Å². The average molecular weight is 446 g/mol. The summed E-state index contributed by atoms with van der Waals surface area (Å²) >= 11 is 1.62. The van der Waals surface area contributed by atoms with E-state index in [1.165, 1.54) is 12.1 Å². The number of aryl methyl sites for hydroxylation is 1. The maximum Gasteiger partial charge on any atom is 0.253 e. The van der Waals surface area contributed by atoms with Crippen molar-refractivity contribution in [3.8, 4) is 0 Å². The van der Waals surface area contributed by atoms with Gasteiger partial charge in [0.25, 0.3) is 5.91 Å². The average Bonchev–Trinajstić information content (AvgIpc) is 3.20. The van der Waals surface area contributed by atoms with Crippen molar-refractivity contribution in [3.63, 3.8) is 0 Å². The molecule has 0 saturated carbocycles. The lowest BCUT2D eigenvalue weighted by atomic mass is 9.93. The van der Waals surface area contributed by atoms with Gasteiger partial charge in [-0.3, -0.25) is 9.78 Å². The Bertz CT molecular complexity index is 1250. The molecule has 0 bridgehead atoms. The molecule has 4 aromatic rings. The summed E-state index contributed by atoms with van der Waals surface area (Å²) in [5.41, 5.74) is 4.86. The Morgan fingerprint density at radius 1 is 1.12 bits per heavy atom. The number of hydrogen-bond donors (Lipinski definition) is 0. The Kier molecular flexibility index (Phi) is 5.70. The van der Waals surface area contributed by atoms with Crippen LogP contribution in [0.15, 0.2) is 60.8 Å². The number of benzene rings is 2. The number of rotatable bonds is 4. The summed E-state index contributed by atoms with van der Waals surface area (Å²) in [5.74, 6) is 0.0956. The van der Waals surface area contributed by atoms with Crippen molar-refractivity contribution in [2.45, 2.75) is 32.1 Å². The molecule has 2 aromatic carbocycles. The smallest absolute Gasteiger partial charge is 0.253 e. The van der Waals surface area contributed by atoms with Crippen LogP contribution in [0.2, 0.25) is 0 Å². The van der Waals surface area contributed by atoms with Gasteiger partial charge in [0.15, 0.2) is 0 Å². The lowest BCUT2D eigenvalue weighted by Crippen LogP contribution is -2.39. The molecule has 0 radical (unpaired) electrons. The number of amides is 1. The summed E-state index contributed by atoms with van der Waals surface area (Å²) in [7, 11) is 0. The van der Waals surface area contributed by atoms with Gasteiger partial charge < -0.3 is 4.90 Å². The largest absolute Gasteiger partial charge is 0.338 e. The SMILES string of the molecule is Cc1nc2ccc(C(=O)N3CCC[C@H](c4ccc(Cc5ccc(F)cc5)cn4)C3)cc2s1. The molecule has 32 heavy (non-hydrogen) atoms. The maximum absolute atomic E-state index is 13.2. The number of carbonyl (C=O) groups is 1. The molecule has 6 heteroatoms. The van der Waals surface area contributed by atoms with Gasteiger partial charge in [-0.15, -0.1) is 11.3 Å². The molecule has 2 aromatic heterocycles. The van der Waals surface area contributed by atoms with Crippen molar-refractivity contribution in [1.29, 1.82) is 0 Å². The van der Waals surface area contributed by atoms with Crippen LogP contribution in [0.4, 0.5) is 4.39 Å². The zero-order chi connectivity index (χ0) is 22.1. The van der Waals surface area contributed by atoms with Crippen LogP contribution in [0.1, 0.15) is 50.9 Å². The molecule has 1 amide bonds. The molecule has 0 spiro atoms. The first kappa shape index (κ1) is 20.8. The molecule has 0 unspecified atom stereocenters. The molecule has 5 rings (SSSR count). The first-order valence-corrected chi connectivity index (χ1v) is 11.7. The third kappa shape index (κ3) is 4.41. The summed E-state index contributed by atoms with van der Waals surface area (Å²) < 4.78 is 14.2. The Hall–Kier alpha value is -3.12. The normalized spacial score (nSPS) is 16.4. The highest BCUT2D eigenvalue weighted by molar-refractivity contribution is 7.18. The third-order valence-corrected chi connectivity index (χ3v) is 6.97. The van der Waals surface area contributed by atoms with Gasteiger partial charge in [0.2, 0.25) is 0 Å². The number of carbonyl (C=O) groups excluding carboxylic acids is 1. The second-order valence-electron chi connectivity index (χ2n) is 8.40. The lowest BCUT2D eigenvalue weighted by Gasteiger charge is -2.32. The number of thiazole rings is 1. The number of fused-ring (bicyclic) bond motifs is 1. The summed E-state index contributed by atoms with van der Waals surface area (Å²) in [6.45, 7) is 3.44. The highest BCUT2D eigenvalue weighted by atomic mass is 32.1. The first-order valence-electron chi connectivity index (χ1n) is 10.9. The molecular weight excluding hydrogens is 421 g/mol. The van der Waals surface area contributed by atoms with Gasteiger partial charge in [0.1, 0.15) is 5.82 Å². The predicted octanol–water partition coefficient (Wildman–Crippen LogP) is 5.75. The van der Waals surface area contributed by atoms with Crippen LogP contribution in [0.3, 0.4) is 0 Å². The topological polar surface area (TPSA) is 46.1 Å². The molecule has 3 heterocycles. The summed E-state index contributed by atoms with van der Waals surface area (Å²) in [6, 6.07) is 16.5. The third-order valence-electron chi connectivity index (χ3n) is 6.04. The highest BCUT2D eigenvalue weighted by Crippen LogP contribution is 2.28. The second kappa shape index (κ2) is 8.79. The molecule has 1 aliphatic heterocycles. The standard InChI is InChI=1S/C26H24FN3OS/c1-17-29-24-11-7-20(14-25(24)32-17)26(31)30-12-2-3-21(16-30)23-10-6-19(15-28-23)13-18-4-8-22(27)9-5-18/h4-11,14-15,21H,2-3,12-13,16H2,1H3/t21-/m0/s1. The summed E-state index contributed by atoms with van der Waals surface area (Å²) in [5, 5.41) is 1.01. The van der Waals surface area contributed by atoms with Gasteiger partial charge in [0, 0.05) is 36.5 Å². The van der Waals surface area contributed by atoms with E-state index >= 15 is 0 Å². The van der Waals surface area contributed by atoms with Crippen LogP contribution in [-0.2, 0) is 6.42 Å². The number of aromatic nitrogens is 2. The predicted molar refractivity (Wildman–Crippen MR) is 126 cm³/mol. The fourth-order valence-corrected chi connectivity index (χ4v) is 5.24. The molecule has 1 aliphatic rings. The quantitative estimate of drug-likeness (QED) is 0.402. The van der Waals surface area contributed by atoms with Gasteiger partial charge in [-0.2, -0.15) is 0 Å². The molecular formula is C26H24FN3OS. The lowest BCUT2D eigenvalue weighted by molar-refractivity contribution is 0.0706. The van der Waals surface area contributed by atoms with Crippen LogP contribution in [0.25, 0.3) is 10.2 Å². The Morgan fingerprint density at radius 3 is 2.72 bits per heavy atom. The van der Waals surface area contributed by atoms with E-state index in [1.807, 2.05) is 36.2 Å². The summed E-state index contributed by atoms with van der Waals surface area (Å²) in [6.07, 6.45) is 4.63. The number of hydrogen-bond acceptors (Lipinski definition) is 4. The van der Waals surface area contributed by atoms with Crippen LogP contribution in [0, 0.1) is 12.7 Å².